The topological polar surface area (TPSA) is 37.4 Å². The molecule has 102 valence electrons. The largest absolute Gasteiger partial charge is 0.331 e. The SMILES string of the molecule is CC(C)(C)C(=O)CN1CCCc2ccccc2C1=O. The van der Waals surface area contributed by atoms with E-state index in [9.17, 15) is 9.59 Å². The summed E-state index contributed by atoms with van der Waals surface area (Å²) in [4.78, 5) is 26.3. The molecule has 3 heteroatoms. The molecule has 0 radical (unpaired) electrons. The van der Waals surface area contributed by atoms with Gasteiger partial charge in [-0.1, -0.05) is 39.0 Å². The third-order valence-electron chi connectivity index (χ3n) is 3.58. The summed E-state index contributed by atoms with van der Waals surface area (Å²) in [5, 5.41) is 0. The summed E-state index contributed by atoms with van der Waals surface area (Å²) in [5.41, 5.74) is 1.45. The number of nitrogens with zero attached hydrogens (tertiary/aromatic N) is 1. The van der Waals surface area contributed by atoms with E-state index < -0.39 is 5.41 Å². The first kappa shape index (κ1) is 13.8. The zero-order valence-electron chi connectivity index (χ0n) is 11.9. The van der Waals surface area contributed by atoms with Gasteiger partial charge in [-0.25, -0.2) is 0 Å². The van der Waals surface area contributed by atoms with E-state index in [-0.39, 0.29) is 18.2 Å². The van der Waals surface area contributed by atoms with Crippen molar-refractivity contribution in [1.29, 1.82) is 0 Å². The molecule has 0 saturated heterocycles. The molecule has 0 aliphatic carbocycles. The Balaban J connectivity index is 2.21. The average molecular weight is 259 g/mol. The molecule has 1 amide bonds. The van der Waals surface area contributed by atoms with Crippen LogP contribution in [0, 0.1) is 5.41 Å². The predicted molar refractivity (Wildman–Crippen MR) is 75.1 cm³/mol. The van der Waals surface area contributed by atoms with E-state index in [1.165, 1.54) is 0 Å². The lowest BCUT2D eigenvalue weighted by molar-refractivity contribution is -0.127. The molecule has 0 bridgehead atoms. The van der Waals surface area contributed by atoms with E-state index in [1.54, 1.807) is 4.90 Å². The Morgan fingerprint density at radius 3 is 2.63 bits per heavy atom. The average Bonchev–Trinajstić information content (AvgIpc) is 2.50. The lowest BCUT2D eigenvalue weighted by Gasteiger charge is -2.24. The zero-order chi connectivity index (χ0) is 14.0. The monoisotopic (exact) mass is 259 g/mol. The van der Waals surface area contributed by atoms with Crippen LogP contribution in [0.3, 0.4) is 0 Å². The first-order valence-corrected chi connectivity index (χ1v) is 6.80. The maximum atomic E-state index is 12.5. The molecule has 0 aromatic heterocycles. The fourth-order valence-corrected chi connectivity index (χ4v) is 2.24. The van der Waals surface area contributed by atoms with Crippen LogP contribution in [0.25, 0.3) is 0 Å². The van der Waals surface area contributed by atoms with E-state index in [1.807, 2.05) is 45.0 Å². The Hall–Kier alpha value is -1.64. The summed E-state index contributed by atoms with van der Waals surface area (Å²) in [6, 6.07) is 7.70. The number of amides is 1. The molecule has 1 aliphatic rings. The van der Waals surface area contributed by atoms with Crippen molar-refractivity contribution in [2.45, 2.75) is 33.6 Å². The van der Waals surface area contributed by atoms with Crippen LogP contribution in [0.5, 0.6) is 0 Å². The number of ketones is 1. The van der Waals surface area contributed by atoms with E-state index in [4.69, 9.17) is 0 Å². The maximum Gasteiger partial charge on any atom is 0.254 e. The maximum absolute atomic E-state index is 12.5. The van der Waals surface area contributed by atoms with E-state index in [0.717, 1.165) is 24.0 Å². The third-order valence-corrected chi connectivity index (χ3v) is 3.58. The van der Waals surface area contributed by atoms with Crippen molar-refractivity contribution in [3.63, 3.8) is 0 Å². The third kappa shape index (κ3) is 3.03. The van der Waals surface area contributed by atoms with Gasteiger partial charge in [0.25, 0.3) is 5.91 Å². The fraction of sp³-hybridized carbons (Fsp3) is 0.500. The number of Topliss-reactive ketones (excluding diaryl/α,β-unsaturated/α-hetero) is 1. The summed E-state index contributed by atoms with van der Waals surface area (Å²) in [6.07, 6.45) is 1.82. The van der Waals surface area contributed by atoms with Crippen LogP contribution < -0.4 is 0 Å². The Kier molecular flexibility index (Phi) is 3.74. The van der Waals surface area contributed by atoms with Gasteiger partial charge in [-0.05, 0) is 24.5 Å². The molecular formula is C16H21NO2. The van der Waals surface area contributed by atoms with Gasteiger partial charge in [0.15, 0.2) is 5.78 Å². The van der Waals surface area contributed by atoms with Gasteiger partial charge < -0.3 is 4.90 Å². The number of hydrogen-bond donors (Lipinski definition) is 0. The summed E-state index contributed by atoms with van der Waals surface area (Å²) < 4.78 is 0. The summed E-state index contributed by atoms with van der Waals surface area (Å²) >= 11 is 0. The molecule has 2 rings (SSSR count). The predicted octanol–water partition coefficient (Wildman–Crippen LogP) is 2.69. The molecular weight excluding hydrogens is 238 g/mol. The molecule has 0 fully saturated rings. The second kappa shape index (κ2) is 5.16. The minimum atomic E-state index is -0.397. The molecule has 1 heterocycles. The second-order valence-corrected chi connectivity index (χ2v) is 6.16. The number of hydrogen-bond acceptors (Lipinski definition) is 2. The number of benzene rings is 1. The van der Waals surface area contributed by atoms with Crippen LogP contribution in [-0.4, -0.2) is 29.7 Å². The van der Waals surface area contributed by atoms with Crippen molar-refractivity contribution in [3.05, 3.63) is 35.4 Å². The highest BCUT2D eigenvalue weighted by Gasteiger charge is 2.28. The standard InChI is InChI=1S/C16H21NO2/c1-16(2,3)14(18)11-17-10-6-8-12-7-4-5-9-13(12)15(17)19/h4-5,7,9H,6,8,10-11H2,1-3H3. The van der Waals surface area contributed by atoms with Crippen LogP contribution in [0.4, 0.5) is 0 Å². The van der Waals surface area contributed by atoms with Gasteiger partial charge in [0.1, 0.15) is 0 Å². The van der Waals surface area contributed by atoms with Crippen LogP contribution in [0.15, 0.2) is 24.3 Å². The van der Waals surface area contributed by atoms with Crippen molar-refractivity contribution in [3.8, 4) is 0 Å². The summed E-state index contributed by atoms with van der Waals surface area (Å²) in [5.74, 6) is 0.103. The summed E-state index contributed by atoms with van der Waals surface area (Å²) in [6.45, 7) is 6.56. The molecule has 0 saturated carbocycles. The highest BCUT2D eigenvalue weighted by atomic mass is 16.2. The van der Waals surface area contributed by atoms with Crippen LogP contribution >= 0.6 is 0 Å². The van der Waals surface area contributed by atoms with Gasteiger partial charge >= 0.3 is 0 Å². The van der Waals surface area contributed by atoms with Gasteiger partial charge in [-0.15, -0.1) is 0 Å². The Morgan fingerprint density at radius 1 is 1.26 bits per heavy atom. The van der Waals surface area contributed by atoms with Gasteiger partial charge in [0.05, 0.1) is 6.54 Å². The molecule has 19 heavy (non-hydrogen) atoms. The van der Waals surface area contributed by atoms with Crippen molar-refractivity contribution in [1.82, 2.24) is 4.90 Å². The first-order valence-electron chi connectivity index (χ1n) is 6.80. The van der Waals surface area contributed by atoms with Crippen molar-refractivity contribution >= 4 is 11.7 Å². The minimum absolute atomic E-state index is 0.00861. The molecule has 3 nitrogen and oxygen atoms in total. The number of rotatable bonds is 2. The number of carbonyl (C=O) groups is 2. The molecule has 1 aromatic rings. The Morgan fingerprint density at radius 2 is 1.95 bits per heavy atom. The highest BCUT2D eigenvalue weighted by molar-refractivity contribution is 5.99. The quantitative estimate of drug-likeness (QED) is 0.819. The molecule has 0 atom stereocenters. The van der Waals surface area contributed by atoms with E-state index >= 15 is 0 Å². The lowest BCUT2D eigenvalue weighted by atomic mass is 9.90. The van der Waals surface area contributed by atoms with Gasteiger partial charge in [-0.3, -0.25) is 9.59 Å². The first-order chi connectivity index (χ1) is 8.89. The van der Waals surface area contributed by atoms with Crippen LogP contribution in [0.2, 0.25) is 0 Å². The fourth-order valence-electron chi connectivity index (χ4n) is 2.24. The van der Waals surface area contributed by atoms with E-state index in [0.29, 0.717) is 6.54 Å². The normalized spacial score (nSPS) is 15.9. The Labute approximate surface area is 114 Å². The zero-order valence-corrected chi connectivity index (χ0v) is 11.9. The van der Waals surface area contributed by atoms with Crippen molar-refractivity contribution in [2.75, 3.05) is 13.1 Å². The van der Waals surface area contributed by atoms with Crippen LogP contribution in [-0.2, 0) is 11.2 Å². The van der Waals surface area contributed by atoms with Crippen LogP contribution in [0.1, 0.15) is 43.1 Å². The molecule has 1 aliphatic heterocycles. The smallest absolute Gasteiger partial charge is 0.254 e. The molecule has 0 unspecified atom stereocenters. The number of fused-ring (bicyclic) bond motifs is 1. The minimum Gasteiger partial charge on any atom is -0.331 e. The number of carbonyl (C=O) groups excluding carboxylic acids is 2. The Bertz CT molecular complexity index is 500. The highest BCUT2D eigenvalue weighted by Crippen LogP contribution is 2.21. The summed E-state index contributed by atoms with van der Waals surface area (Å²) in [7, 11) is 0. The van der Waals surface area contributed by atoms with Crippen molar-refractivity contribution < 1.29 is 9.59 Å². The van der Waals surface area contributed by atoms with Crippen molar-refractivity contribution in [2.24, 2.45) is 5.41 Å². The lowest BCUT2D eigenvalue weighted by Crippen LogP contribution is -2.39. The number of aryl methyl sites for hydroxylation is 1. The van der Waals surface area contributed by atoms with E-state index in [2.05, 4.69) is 0 Å². The molecule has 1 aromatic carbocycles. The van der Waals surface area contributed by atoms with Gasteiger partial charge in [0.2, 0.25) is 0 Å². The van der Waals surface area contributed by atoms with Gasteiger partial charge in [0, 0.05) is 17.5 Å². The second-order valence-electron chi connectivity index (χ2n) is 6.16. The molecule has 0 N–H and O–H groups in total. The molecule has 0 spiro atoms. The van der Waals surface area contributed by atoms with Gasteiger partial charge in [-0.2, -0.15) is 0 Å².